The molecule has 9 nitrogen and oxygen atoms in total. The van der Waals surface area contributed by atoms with Crippen LogP contribution in [-0.2, 0) is 25.5 Å². The van der Waals surface area contributed by atoms with Gasteiger partial charge in [-0.25, -0.2) is 0 Å². The maximum Gasteiger partial charge on any atom is 0.264 e. The van der Waals surface area contributed by atoms with E-state index in [-0.39, 0.29) is 18.4 Å². The first kappa shape index (κ1) is 27.4. The molecule has 3 aromatic rings. The molecule has 37 heavy (non-hydrogen) atoms. The maximum absolute atomic E-state index is 11.7. The Bertz CT molecular complexity index is 1380. The Morgan fingerprint density at radius 3 is 2.49 bits per heavy atom. The molecule has 0 fully saturated rings. The van der Waals surface area contributed by atoms with E-state index in [2.05, 4.69) is 31.0 Å². The van der Waals surface area contributed by atoms with Crippen molar-refractivity contribution in [3.8, 4) is 17.2 Å². The largest absolute Gasteiger partial charge is 0.493 e. The topological polar surface area (TPSA) is 102 Å². The molecule has 2 heterocycles. The number of halogens is 1. The second-order valence-electron chi connectivity index (χ2n) is 10.2. The summed E-state index contributed by atoms with van der Waals surface area (Å²) in [6, 6.07) is 11.2. The number of nitrogens with zero attached hydrogens (tertiary/aromatic N) is 3. The first-order valence-corrected chi connectivity index (χ1v) is 14.1. The molecule has 200 valence electrons. The zero-order valence-electron chi connectivity index (χ0n) is 21.8. The van der Waals surface area contributed by atoms with Crippen molar-refractivity contribution >= 4 is 21.7 Å². The summed E-state index contributed by atoms with van der Waals surface area (Å²) in [5.41, 5.74) is 2.29. The molecule has 11 heteroatoms. The fourth-order valence-electron chi connectivity index (χ4n) is 4.49. The molecule has 2 unspecified atom stereocenters. The second kappa shape index (κ2) is 10.6. The predicted octanol–water partition coefficient (Wildman–Crippen LogP) is 5.05. The number of aromatic nitrogens is 3. The zero-order chi connectivity index (χ0) is 27.0. The third-order valence-electron chi connectivity index (χ3n) is 5.94. The summed E-state index contributed by atoms with van der Waals surface area (Å²) in [4.78, 5) is 0. The van der Waals surface area contributed by atoms with E-state index in [0.717, 1.165) is 28.9 Å². The standard InChI is InChI=1S/C26H32ClN3O6S/c1-26(2,3)15-22-28-29-25-21(12-13-35-37(6,31)32)36-23(17-8-7-9-20(33-4)24(17)34-5)18-14-16(27)10-11-19(18)30(22)25/h7-11,14,21,23H,12-13,15H2,1-6H3. The van der Waals surface area contributed by atoms with Crippen LogP contribution in [0.4, 0.5) is 0 Å². The van der Waals surface area contributed by atoms with Gasteiger partial charge in [0.2, 0.25) is 0 Å². The molecule has 2 aromatic carbocycles. The van der Waals surface area contributed by atoms with Crippen molar-refractivity contribution in [2.75, 3.05) is 27.1 Å². The van der Waals surface area contributed by atoms with E-state index in [1.807, 2.05) is 41.0 Å². The Labute approximate surface area is 222 Å². The fourth-order valence-corrected chi connectivity index (χ4v) is 5.07. The Morgan fingerprint density at radius 2 is 1.84 bits per heavy atom. The highest BCUT2D eigenvalue weighted by molar-refractivity contribution is 7.85. The number of rotatable bonds is 8. The Kier molecular flexibility index (Phi) is 7.85. The van der Waals surface area contributed by atoms with E-state index in [0.29, 0.717) is 28.8 Å². The van der Waals surface area contributed by atoms with Gasteiger partial charge in [-0.3, -0.25) is 8.75 Å². The number of para-hydroxylation sites is 1. The summed E-state index contributed by atoms with van der Waals surface area (Å²) >= 11 is 6.49. The molecule has 0 radical (unpaired) electrons. The molecule has 0 aliphatic carbocycles. The molecular weight excluding hydrogens is 518 g/mol. The highest BCUT2D eigenvalue weighted by Crippen LogP contribution is 2.46. The van der Waals surface area contributed by atoms with Crippen LogP contribution in [-0.4, -0.2) is 50.3 Å². The van der Waals surface area contributed by atoms with Crippen molar-refractivity contribution in [1.82, 2.24) is 14.8 Å². The normalized spacial score (nSPS) is 17.6. The lowest BCUT2D eigenvalue weighted by Gasteiger charge is -2.25. The van der Waals surface area contributed by atoms with Gasteiger partial charge >= 0.3 is 0 Å². The average Bonchev–Trinajstić information content (AvgIpc) is 3.15. The molecule has 4 rings (SSSR count). The Hall–Kier alpha value is -2.66. The van der Waals surface area contributed by atoms with Gasteiger partial charge in [0.25, 0.3) is 10.1 Å². The van der Waals surface area contributed by atoms with Crippen LogP contribution >= 0.6 is 11.6 Å². The van der Waals surface area contributed by atoms with Gasteiger partial charge in [0.1, 0.15) is 18.0 Å². The van der Waals surface area contributed by atoms with E-state index in [9.17, 15) is 8.42 Å². The van der Waals surface area contributed by atoms with E-state index in [1.54, 1.807) is 14.2 Å². The van der Waals surface area contributed by atoms with Crippen molar-refractivity contribution in [3.63, 3.8) is 0 Å². The molecule has 0 spiro atoms. The number of methoxy groups -OCH3 is 2. The molecule has 1 aliphatic rings. The lowest BCUT2D eigenvalue weighted by atomic mass is 9.91. The van der Waals surface area contributed by atoms with Gasteiger partial charge in [0, 0.05) is 29.0 Å². The molecule has 2 atom stereocenters. The summed E-state index contributed by atoms with van der Waals surface area (Å²) in [5, 5.41) is 9.57. The van der Waals surface area contributed by atoms with Crippen molar-refractivity contribution in [3.05, 3.63) is 64.2 Å². The van der Waals surface area contributed by atoms with E-state index >= 15 is 0 Å². The summed E-state index contributed by atoms with van der Waals surface area (Å²) in [6.07, 6.45) is 0.626. The number of hydrogen-bond donors (Lipinski definition) is 0. The van der Waals surface area contributed by atoms with Gasteiger partial charge in [-0.1, -0.05) is 44.5 Å². The van der Waals surface area contributed by atoms with Crippen LogP contribution in [0.2, 0.25) is 5.02 Å². The lowest BCUT2D eigenvalue weighted by Crippen LogP contribution is -2.16. The van der Waals surface area contributed by atoms with Gasteiger partial charge in [0.15, 0.2) is 17.3 Å². The van der Waals surface area contributed by atoms with E-state index in [4.69, 9.17) is 30.0 Å². The number of benzene rings is 2. The van der Waals surface area contributed by atoms with Crippen LogP contribution in [0.5, 0.6) is 11.5 Å². The average molecular weight is 550 g/mol. The van der Waals surface area contributed by atoms with Gasteiger partial charge in [-0.05, 0) is 29.7 Å². The van der Waals surface area contributed by atoms with Crippen LogP contribution in [0, 0.1) is 5.41 Å². The second-order valence-corrected chi connectivity index (χ2v) is 12.2. The molecule has 0 N–H and O–H groups in total. The van der Waals surface area contributed by atoms with Crippen molar-refractivity contribution in [2.45, 2.75) is 45.8 Å². The Morgan fingerprint density at radius 1 is 1.08 bits per heavy atom. The molecule has 0 bridgehead atoms. The van der Waals surface area contributed by atoms with Crippen LogP contribution in [0.1, 0.15) is 62.2 Å². The third kappa shape index (κ3) is 6.09. The molecule has 0 saturated heterocycles. The van der Waals surface area contributed by atoms with Crippen molar-refractivity contribution < 1.29 is 26.8 Å². The number of ether oxygens (including phenoxy) is 3. The van der Waals surface area contributed by atoms with E-state index < -0.39 is 22.3 Å². The van der Waals surface area contributed by atoms with Crippen LogP contribution < -0.4 is 9.47 Å². The zero-order valence-corrected chi connectivity index (χ0v) is 23.4. The molecule has 0 amide bonds. The lowest BCUT2D eigenvalue weighted by molar-refractivity contribution is -0.00770. The quantitative estimate of drug-likeness (QED) is 0.360. The number of hydrogen-bond acceptors (Lipinski definition) is 8. The van der Waals surface area contributed by atoms with Crippen LogP contribution in [0.15, 0.2) is 36.4 Å². The fraction of sp³-hybridized carbons (Fsp3) is 0.462. The van der Waals surface area contributed by atoms with Gasteiger partial charge in [-0.15, -0.1) is 10.2 Å². The minimum atomic E-state index is -3.63. The summed E-state index contributed by atoms with van der Waals surface area (Å²) < 4.78 is 48.4. The molecule has 0 saturated carbocycles. The van der Waals surface area contributed by atoms with Crippen LogP contribution in [0.3, 0.4) is 0 Å². The molecular formula is C26H32ClN3O6S. The van der Waals surface area contributed by atoms with Crippen LogP contribution in [0.25, 0.3) is 5.69 Å². The summed E-state index contributed by atoms with van der Waals surface area (Å²) in [5.74, 6) is 2.41. The first-order chi connectivity index (χ1) is 17.4. The molecule has 1 aromatic heterocycles. The minimum Gasteiger partial charge on any atom is -0.493 e. The highest BCUT2D eigenvalue weighted by Gasteiger charge is 2.36. The van der Waals surface area contributed by atoms with Crippen molar-refractivity contribution in [1.29, 1.82) is 0 Å². The highest BCUT2D eigenvalue weighted by atomic mass is 35.5. The van der Waals surface area contributed by atoms with Crippen molar-refractivity contribution in [2.24, 2.45) is 5.41 Å². The SMILES string of the molecule is COc1cccc(C2OC(CCOS(C)(=O)=O)c3nnc(CC(C)(C)C)n3-c3ccc(Cl)cc32)c1OC. The predicted molar refractivity (Wildman–Crippen MR) is 140 cm³/mol. The Balaban J connectivity index is 1.93. The number of fused-ring (bicyclic) bond motifs is 3. The third-order valence-corrected chi connectivity index (χ3v) is 6.77. The van der Waals surface area contributed by atoms with Gasteiger partial charge in [-0.2, -0.15) is 8.42 Å². The van der Waals surface area contributed by atoms with Gasteiger partial charge < -0.3 is 14.2 Å². The van der Waals surface area contributed by atoms with Gasteiger partial charge in [0.05, 0.1) is 32.8 Å². The minimum absolute atomic E-state index is 0.0616. The summed E-state index contributed by atoms with van der Waals surface area (Å²) in [7, 11) is -0.478. The smallest absolute Gasteiger partial charge is 0.264 e. The van der Waals surface area contributed by atoms with E-state index in [1.165, 1.54) is 0 Å². The monoisotopic (exact) mass is 549 g/mol. The first-order valence-electron chi connectivity index (χ1n) is 11.9. The summed E-state index contributed by atoms with van der Waals surface area (Å²) in [6.45, 7) is 6.31. The molecule has 1 aliphatic heterocycles. The maximum atomic E-state index is 11.7.